The third-order valence-corrected chi connectivity index (χ3v) is 2.95. The van der Waals surface area contributed by atoms with Gasteiger partial charge < -0.3 is 9.47 Å². The Morgan fingerprint density at radius 1 is 1.37 bits per heavy atom. The zero-order valence-corrected chi connectivity index (χ0v) is 13.6. The second kappa shape index (κ2) is 6.28. The maximum Gasteiger partial charge on any atom is 0.412 e. The molecular formula is C14H20BrNO3. The van der Waals surface area contributed by atoms with E-state index in [2.05, 4.69) is 21.2 Å². The molecule has 1 aromatic carbocycles. The molecule has 0 aliphatic carbocycles. The van der Waals surface area contributed by atoms with Crippen LogP contribution in [0.25, 0.3) is 0 Å². The molecule has 5 heteroatoms. The third-order valence-electron chi connectivity index (χ3n) is 2.29. The lowest BCUT2D eigenvalue weighted by molar-refractivity contribution is 0.0635. The normalized spacial score (nSPS) is 11.1. The van der Waals surface area contributed by atoms with E-state index in [1.165, 1.54) is 0 Å². The molecule has 1 N–H and O–H groups in total. The molecule has 0 heterocycles. The van der Waals surface area contributed by atoms with E-state index < -0.39 is 11.7 Å². The van der Waals surface area contributed by atoms with Crippen LogP contribution in [-0.4, -0.2) is 18.3 Å². The van der Waals surface area contributed by atoms with Gasteiger partial charge in [0.25, 0.3) is 0 Å². The Balaban J connectivity index is 2.94. The van der Waals surface area contributed by atoms with Crippen LogP contribution in [0.5, 0.6) is 5.75 Å². The first kappa shape index (κ1) is 15.8. The van der Waals surface area contributed by atoms with E-state index in [1.54, 1.807) is 0 Å². The first-order valence-corrected chi connectivity index (χ1v) is 6.95. The number of hydrogen-bond donors (Lipinski definition) is 1. The van der Waals surface area contributed by atoms with Crippen LogP contribution >= 0.6 is 15.9 Å². The van der Waals surface area contributed by atoms with Crippen molar-refractivity contribution < 1.29 is 14.3 Å². The van der Waals surface area contributed by atoms with E-state index in [1.807, 2.05) is 46.8 Å². The summed E-state index contributed by atoms with van der Waals surface area (Å²) < 4.78 is 11.5. The quantitative estimate of drug-likeness (QED) is 0.887. The lowest BCUT2D eigenvalue weighted by atomic mass is 10.2. The zero-order valence-electron chi connectivity index (χ0n) is 12.0. The number of rotatable bonds is 3. The molecule has 1 amide bonds. The highest BCUT2D eigenvalue weighted by Crippen LogP contribution is 2.33. The van der Waals surface area contributed by atoms with Crippen molar-refractivity contribution in [2.75, 3.05) is 11.9 Å². The molecule has 0 atom stereocenters. The predicted octanol–water partition coefficient (Wildman–Crippen LogP) is 4.50. The van der Waals surface area contributed by atoms with Crippen LogP contribution in [0.3, 0.4) is 0 Å². The Morgan fingerprint density at radius 3 is 2.53 bits per heavy atom. The average molecular weight is 330 g/mol. The molecule has 0 fully saturated rings. The molecule has 1 rings (SSSR count). The summed E-state index contributed by atoms with van der Waals surface area (Å²) in [6.45, 7) is 9.86. The molecular weight excluding hydrogens is 310 g/mol. The number of carbonyl (C=O) groups excluding carboxylic acids is 1. The highest BCUT2D eigenvalue weighted by molar-refractivity contribution is 9.10. The fourth-order valence-corrected chi connectivity index (χ4v) is 2.06. The summed E-state index contributed by atoms with van der Waals surface area (Å²) in [5, 5.41) is 2.75. The summed E-state index contributed by atoms with van der Waals surface area (Å²) in [4.78, 5) is 11.8. The van der Waals surface area contributed by atoms with Gasteiger partial charge in [0.15, 0.2) is 0 Å². The molecule has 19 heavy (non-hydrogen) atoms. The molecule has 0 aromatic heterocycles. The third kappa shape index (κ3) is 4.74. The molecule has 106 valence electrons. The lowest BCUT2D eigenvalue weighted by Gasteiger charge is -2.21. The van der Waals surface area contributed by atoms with Gasteiger partial charge in [-0.2, -0.15) is 0 Å². The monoisotopic (exact) mass is 329 g/mol. The van der Waals surface area contributed by atoms with Gasteiger partial charge in [0.1, 0.15) is 11.4 Å². The van der Waals surface area contributed by atoms with Gasteiger partial charge in [-0.3, -0.25) is 5.32 Å². The summed E-state index contributed by atoms with van der Waals surface area (Å²) in [6.07, 6.45) is -0.482. The van der Waals surface area contributed by atoms with Gasteiger partial charge in [-0.25, -0.2) is 4.79 Å². The van der Waals surface area contributed by atoms with Gasteiger partial charge in [0, 0.05) is 10.0 Å². The summed E-state index contributed by atoms with van der Waals surface area (Å²) in [5.41, 5.74) is 1.00. The van der Waals surface area contributed by atoms with E-state index in [9.17, 15) is 4.79 Å². The Bertz CT molecular complexity index is 466. The second-order valence-corrected chi connectivity index (χ2v) is 5.96. The van der Waals surface area contributed by atoms with Crippen molar-refractivity contribution in [2.24, 2.45) is 0 Å². The molecule has 0 bridgehead atoms. The Hall–Kier alpha value is -1.23. The molecule has 0 aliphatic heterocycles. The second-order valence-electron chi connectivity index (χ2n) is 5.11. The molecule has 0 radical (unpaired) electrons. The van der Waals surface area contributed by atoms with Crippen LogP contribution in [0.15, 0.2) is 16.6 Å². The minimum atomic E-state index is -0.526. The van der Waals surface area contributed by atoms with E-state index in [0.717, 1.165) is 15.8 Å². The highest BCUT2D eigenvalue weighted by Gasteiger charge is 2.18. The number of hydrogen-bond acceptors (Lipinski definition) is 3. The smallest absolute Gasteiger partial charge is 0.412 e. The molecule has 4 nitrogen and oxygen atoms in total. The fourth-order valence-electron chi connectivity index (χ4n) is 1.53. The summed E-state index contributed by atoms with van der Waals surface area (Å²) >= 11 is 3.41. The number of nitrogens with one attached hydrogen (secondary N) is 1. The van der Waals surface area contributed by atoms with Crippen LogP contribution in [0, 0.1) is 6.92 Å². The average Bonchev–Trinajstić information content (AvgIpc) is 2.26. The van der Waals surface area contributed by atoms with Crippen LogP contribution in [-0.2, 0) is 4.74 Å². The van der Waals surface area contributed by atoms with Crippen molar-refractivity contribution in [3.05, 3.63) is 22.2 Å². The van der Waals surface area contributed by atoms with Crippen molar-refractivity contribution in [3.63, 3.8) is 0 Å². The number of halogens is 1. The minimum absolute atomic E-state index is 0.482. The number of benzene rings is 1. The summed E-state index contributed by atoms with van der Waals surface area (Å²) in [6, 6.07) is 3.70. The van der Waals surface area contributed by atoms with Gasteiger partial charge >= 0.3 is 6.09 Å². The standard InChI is InChI=1S/C14H20BrNO3/c1-6-18-11-8-7-10(15)12(9(11)2)16-13(17)19-14(3,4)5/h7-8H,6H2,1-5H3,(H,16,17). The van der Waals surface area contributed by atoms with Crippen LogP contribution < -0.4 is 10.1 Å². The van der Waals surface area contributed by atoms with E-state index in [-0.39, 0.29) is 0 Å². The first-order chi connectivity index (χ1) is 8.74. The topological polar surface area (TPSA) is 47.6 Å². The molecule has 0 saturated carbocycles. The van der Waals surface area contributed by atoms with Gasteiger partial charge in [-0.05, 0) is 62.7 Å². The first-order valence-electron chi connectivity index (χ1n) is 6.16. The lowest BCUT2D eigenvalue weighted by Crippen LogP contribution is -2.27. The van der Waals surface area contributed by atoms with Crippen LogP contribution in [0.2, 0.25) is 0 Å². The van der Waals surface area contributed by atoms with E-state index in [4.69, 9.17) is 9.47 Å². The number of ether oxygens (including phenoxy) is 2. The Labute approximate surface area is 122 Å². The van der Waals surface area contributed by atoms with Crippen molar-refractivity contribution in [1.82, 2.24) is 0 Å². The van der Waals surface area contributed by atoms with Gasteiger partial charge in [-0.15, -0.1) is 0 Å². The van der Waals surface area contributed by atoms with Crippen molar-refractivity contribution in [3.8, 4) is 5.75 Å². The van der Waals surface area contributed by atoms with Crippen molar-refractivity contribution in [1.29, 1.82) is 0 Å². The van der Waals surface area contributed by atoms with E-state index in [0.29, 0.717) is 12.3 Å². The zero-order chi connectivity index (χ0) is 14.6. The summed E-state index contributed by atoms with van der Waals surface area (Å²) in [5.74, 6) is 0.747. The summed E-state index contributed by atoms with van der Waals surface area (Å²) in [7, 11) is 0. The number of carbonyl (C=O) groups is 1. The van der Waals surface area contributed by atoms with Crippen molar-refractivity contribution in [2.45, 2.75) is 40.2 Å². The highest BCUT2D eigenvalue weighted by atomic mass is 79.9. The molecule has 0 unspecified atom stereocenters. The molecule has 0 saturated heterocycles. The largest absolute Gasteiger partial charge is 0.494 e. The van der Waals surface area contributed by atoms with Crippen LogP contribution in [0.4, 0.5) is 10.5 Å². The number of amides is 1. The molecule has 0 spiro atoms. The SMILES string of the molecule is CCOc1ccc(Br)c(NC(=O)OC(C)(C)C)c1C. The van der Waals surface area contributed by atoms with Gasteiger partial charge in [0.2, 0.25) is 0 Å². The van der Waals surface area contributed by atoms with E-state index >= 15 is 0 Å². The van der Waals surface area contributed by atoms with Gasteiger partial charge in [0.05, 0.1) is 12.3 Å². The molecule has 1 aromatic rings. The Morgan fingerprint density at radius 2 is 2.00 bits per heavy atom. The Kier molecular flexibility index (Phi) is 5.23. The molecule has 0 aliphatic rings. The number of anilines is 1. The fraction of sp³-hybridized carbons (Fsp3) is 0.500. The minimum Gasteiger partial charge on any atom is -0.494 e. The van der Waals surface area contributed by atoms with Crippen LogP contribution in [0.1, 0.15) is 33.3 Å². The predicted molar refractivity (Wildman–Crippen MR) is 79.9 cm³/mol. The maximum absolute atomic E-state index is 11.8. The maximum atomic E-state index is 11.8. The van der Waals surface area contributed by atoms with Crippen molar-refractivity contribution >= 4 is 27.7 Å². The van der Waals surface area contributed by atoms with Gasteiger partial charge in [-0.1, -0.05) is 0 Å².